The molecule has 1 heterocycles. The third-order valence-electron chi connectivity index (χ3n) is 2.77. The van der Waals surface area contributed by atoms with Crippen molar-refractivity contribution >= 4 is 28.5 Å². The molecule has 88 valence electrons. The summed E-state index contributed by atoms with van der Waals surface area (Å²) in [6.45, 7) is 1.95. The molecule has 1 saturated carbocycles. The molecular weight excluding hydrogens is 319 g/mol. The van der Waals surface area contributed by atoms with Gasteiger partial charge in [-0.2, -0.15) is 5.10 Å². The lowest BCUT2D eigenvalue weighted by atomic mass is 10.1. The summed E-state index contributed by atoms with van der Waals surface area (Å²) in [5.74, 6) is -0.315. The molecule has 1 fully saturated rings. The van der Waals surface area contributed by atoms with E-state index >= 15 is 0 Å². The van der Waals surface area contributed by atoms with E-state index < -0.39 is 0 Å². The van der Waals surface area contributed by atoms with Crippen LogP contribution in [0.4, 0.5) is 0 Å². The summed E-state index contributed by atoms with van der Waals surface area (Å²) in [5, 5.41) is 7.47. The summed E-state index contributed by atoms with van der Waals surface area (Å²) in [4.78, 5) is 11.4. The molecule has 1 aromatic heterocycles. The number of halogens is 1. The van der Waals surface area contributed by atoms with Gasteiger partial charge >= 0.3 is 0 Å². The summed E-state index contributed by atoms with van der Waals surface area (Å²) < 4.78 is 2.84. The van der Waals surface area contributed by atoms with Crippen molar-refractivity contribution in [2.45, 2.75) is 37.9 Å². The first-order valence-electron chi connectivity index (χ1n) is 5.33. The van der Waals surface area contributed by atoms with Crippen LogP contribution in [0.25, 0.3) is 0 Å². The molecule has 0 saturated heterocycles. The molecule has 2 rings (SSSR count). The molecule has 6 heteroatoms. The Labute approximate surface area is 108 Å². The molecule has 0 radical (unpaired) electrons. The van der Waals surface area contributed by atoms with Crippen molar-refractivity contribution in [2.75, 3.05) is 0 Å². The van der Waals surface area contributed by atoms with Gasteiger partial charge in [0.1, 0.15) is 6.04 Å². The molecule has 1 amide bonds. The van der Waals surface area contributed by atoms with E-state index in [1.54, 1.807) is 10.9 Å². The fourth-order valence-electron chi connectivity index (χ4n) is 1.65. The lowest BCUT2D eigenvalue weighted by Crippen LogP contribution is -2.47. The predicted octanol–water partition coefficient (Wildman–Crippen LogP) is 0.655. The van der Waals surface area contributed by atoms with Crippen molar-refractivity contribution in [3.63, 3.8) is 0 Å². The van der Waals surface area contributed by atoms with Crippen molar-refractivity contribution < 1.29 is 4.79 Å². The molecule has 0 spiro atoms. The number of hydrogen-bond donors (Lipinski definition) is 2. The number of carbonyl (C=O) groups excluding carboxylic acids is 1. The Kier molecular flexibility index (Phi) is 3.48. The first-order chi connectivity index (χ1) is 7.58. The van der Waals surface area contributed by atoms with Crippen molar-refractivity contribution in [3.8, 4) is 0 Å². The standard InChI is InChI=1S/C10H15IN4O/c1-6(15-5-7(11)4-13-15)9(10(12)16)14-8-2-3-8/h4-6,8-9,14H,2-3H2,1H3,(H2,12,16). The van der Waals surface area contributed by atoms with Gasteiger partial charge in [0.05, 0.1) is 15.8 Å². The molecule has 16 heavy (non-hydrogen) atoms. The lowest BCUT2D eigenvalue weighted by Gasteiger charge is -2.22. The second-order valence-corrected chi connectivity index (χ2v) is 5.45. The van der Waals surface area contributed by atoms with Crippen LogP contribution in [0.5, 0.6) is 0 Å². The number of aromatic nitrogens is 2. The van der Waals surface area contributed by atoms with E-state index in [9.17, 15) is 4.79 Å². The molecular formula is C10H15IN4O. The Balaban J connectivity index is 2.09. The van der Waals surface area contributed by atoms with Crippen molar-refractivity contribution in [1.29, 1.82) is 0 Å². The Morgan fingerprint density at radius 1 is 1.75 bits per heavy atom. The van der Waals surface area contributed by atoms with Crippen molar-refractivity contribution in [1.82, 2.24) is 15.1 Å². The van der Waals surface area contributed by atoms with Crippen LogP contribution in [-0.4, -0.2) is 27.8 Å². The number of hydrogen-bond acceptors (Lipinski definition) is 3. The topological polar surface area (TPSA) is 72.9 Å². The molecule has 1 aliphatic rings. The number of amides is 1. The molecule has 1 aromatic rings. The van der Waals surface area contributed by atoms with E-state index in [1.807, 2.05) is 13.1 Å². The maximum atomic E-state index is 11.4. The molecule has 0 aliphatic heterocycles. The van der Waals surface area contributed by atoms with Crippen LogP contribution in [0.15, 0.2) is 12.4 Å². The highest BCUT2D eigenvalue weighted by molar-refractivity contribution is 14.1. The normalized spacial score (nSPS) is 19.4. The fraction of sp³-hybridized carbons (Fsp3) is 0.600. The summed E-state index contributed by atoms with van der Waals surface area (Å²) in [7, 11) is 0. The van der Waals surface area contributed by atoms with Crippen LogP contribution < -0.4 is 11.1 Å². The Hall–Kier alpha value is -0.630. The van der Waals surface area contributed by atoms with E-state index in [2.05, 4.69) is 33.0 Å². The first kappa shape index (κ1) is 11.8. The molecule has 0 aromatic carbocycles. The molecule has 2 atom stereocenters. The third kappa shape index (κ3) is 2.73. The van der Waals surface area contributed by atoms with E-state index in [4.69, 9.17) is 5.73 Å². The zero-order valence-electron chi connectivity index (χ0n) is 9.06. The van der Waals surface area contributed by atoms with Gasteiger partial charge in [-0.1, -0.05) is 0 Å². The fourth-order valence-corrected chi connectivity index (χ4v) is 2.06. The number of carbonyl (C=O) groups is 1. The number of nitrogens with zero attached hydrogens (tertiary/aromatic N) is 2. The van der Waals surface area contributed by atoms with E-state index in [-0.39, 0.29) is 18.0 Å². The average Bonchev–Trinajstić information content (AvgIpc) is 2.95. The third-order valence-corrected chi connectivity index (χ3v) is 3.33. The van der Waals surface area contributed by atoms with Crippen LogP contribution in [0, 0.1) is 3.57 Å². The monoisotopic (exact) mass is 334 g/mol. The van der Waals surface area contributed by atoms with E-state index in [0.717, 1.165) is 16.4 Å². The summed E-state index contributed by atoms with van der Waals surface area (Å²) >= 11 is 2.19. The minimum absolute atomic E-state index is 0.0541. The highest BCUT2D eigenvalue weighted by atomic mass is 127. The van der Waals surface area contributed by atoms with Gasteiger partial charge in [-0.25, -0.2) is 0 Å². The molecule has 1 aliphatic carbocycles. The number of rotatable bonds is 5. The first-order valence-corrected chi connectivity index (χ1v) is 6.41. The maximum Gasteiger partial charge on any atom is 0.236 e. The van der Waals surface area contributed by atoms with Crippen molar-refractivity contribution in [2.24, 2.45) is 5.73 Å². The average molecular weight is 334 g/mol. The summed E-state index contributed by atoms with van der Waals surface area (Å²) in [5.41, 5.74) is 5.41. The minimum atomic E-state index is -0.344. The van der Waals surface area contributed by atoms with E-state index in [1.165, 1.54) is 0 Å². The number of primary amides is 1. The smallest absolute Gasteiger partial charge is 0.236 e. The highest BCUT2D eigenvalue weighted by Crippen LogP contribution is 2.22. The SMILES string of the molecule is CC(C(NC1CC1)C(N)=O)n1cc(I)cn1. The van der Waals surface area contributed by atoms with Gasteiger partial charge in [0.25, 0.3) is 0 Å². The van der Waals surface area contributed by atoms with Gasteiger partial charge < -0.3 is 11.1 Å². The molecule has 5 nitrogen and oxygen atoms in total. The zero-order valence-corrected chi connectivity index (χ0v) is 11.2. The Morgan fingerprint density at radius 2 is 2.44 bits per heavy atom. The number of nitrogens with one attached hydrogen (secondary N) is 1. The van der Waals surface area contributed by atoms with Crippen LogP contribution >= 0.6 is 22.6 Å². The second-order valence-electron chi connectivity index (χ2n) is 4.20. The molecule has 0 bridgehead atoms. The van der Waals surface area contributed by atoms with Crippen molar-refractivity contribution in [3.05, 3.63) is 16.0 Å². The van der Waals surface area contributed by atoms with Crippen LogP contribution in [0.3, 0.4) is 0 Å². The quantitative estimate of drug-likeness (QED) is 0.777. The summed E-state index contributed by atoms with van der Waals surface area (Å²) in [6.07, 6.45) is 5.95. The van der Waals surface area contributed by atoms with E-state index in [0.29, 0.717) is 6.04 Å². The lowest BCUT2D eigenvalue weighted by molar-refractivity contribution is -0.121. The maximum absolute atomic E-state index is 11.4. The minimum Gasteiger partial charge on any atom is -0.368 e. The predicted molar refractivity (Wildman–Crippen MR) is 68.8 cm³/mol. The molecule has 3 N–H and O–H groups in total. The second kappa shape index (κ2) is 4.70. The van der Waals surface area contributed by atoms with Crippen LogP contribution in [-0.2, 0) is 4.79 Å². The number of nitrogens with two attached hydrogens (primary N) is 1. The molecule has 2 unspecified atom stereocenters. The van der Waals surface area contributed by atoms with Gasteiger partial charge in [-0.3, -0.25) is 9.48 Å². The van der Waals surface area contributed by atoms with Gasteiger partial charge in [0, 0.05) is 12.2 Å². The summed E-state index contributed by atoms with van der Waals surface area (Å²) in [6, 6.07) is 0.0550. The van der Waals surface area contributed by atoms with Crippen LogP contribution in [0.1, 0.15) is 25.8 Å². The van der Waals surface area contributed by atoms with Gasteiger partial charge in [0.2, 0.25) is 5.91 Å². The zero-order chi connectivity index (χ0) is 11.7. The van der Waals surface area contributed by atoms with Gasteiger partial charge in [-0.05, 0) is 42.4 Å². The Morgan fingerprint density at radius 3 is 2.88 bits per heavy atom. The largest absolute Gasteiger partial charge is 0.368 e. The van der Waals surface area contributed by atoms with Gasteiger partial charge in [-0.15, -0.1) is 0 Å². The van der Waals surface area contributed by atoms with Crippen LogP contribution in [0.2, 0.25) is 0 Å². The Bertz CT molecular complexity index is 388. The van der Waals surface area contributed by atoms with Gasteiger partial charge in [0.15, 0.2) is 0 Å². The highest BCUT2D eigenvalue weighted by Gasteiger charge is 2.31.